The SMILES string of the molecule is CC#CCn1c(N2CCC[C@@H](NC(=O)OC(C)(C)C)C2)nc2c1c(=O)n(Cc1cccc3nccnc13)c(=O)n2C. The fourth-order valence-corrected chi connectivity index (χ4v) is 5.15. The third-order valence-electron chi connectivity index (χ3n) is 6.96. The van der Waals surface area contributed by atoms with Gasteiger partial charge in [0.1, 0.15) is 5.60 Å². The molecular weight excluding hydrogens is 524 g/mol. The molecule has 1 atom stereocenters. The van der Waals surface area contributed by atoms with E-state index >= 15 is 0 Å². The maximum atomic E-state index is 14.0. The molecular formula is C29H34N8O4. The van der Waals surface area contributed by atoms with E-state index in [4.69, 9.17) is 9.72 Å². The summed E-state index contributed by atoms with van der Waals surface area (Å²) in [7, 11) is 1.61. The predicted molar refractivity (Wildman–Crippen MR) is 156 cm³/mol. The Morgan fingerprint density at radius 1 is 1.17 bits per heavy atom. The maximum Gasteiger partial charge on any atom is 0.407 e. The number of rotatable bonds is 5. The lowest BCUT2D eigenvalue weighted by Crippen LogP contribution is -2.49. The molecule has 1 aromatic carbocycles. The van der Waals surface area contributed by atoms with Crippen molar-refractivity contribution in [1.29, 1.82) is 0 Å². The Morgan fingerprint density at radius 2 is 1.95 bits per heavy atom. The van der Waals surface area contributed by atoms with E-state index in [0.29, 0.717) is 41.2 Å². The summed E-state index contributed by atoms with van der Waals surface area (Å²) in [5, 5.41) is 2.95. The second-order valence-electron chi connectivity index (χ2n) is 11.1. The number of nitrogens with one attached hydrogen (secondary N) is 1. The van der Waals surface area contributed by atoms with Gasteiger partial charge in [0.05, 0.1) is 24.1 Å². The van der Waals surface area contributed by atoms with Crippen molar-refractivity contribution in [2.24, 2.45) is 7.05 Å². The number of carbonyl (C=O) groups excluding carboxylic acids is 1. The lowest BCUT2D eigenvalue weighted by atomic mass is 10.1. The molecule has 1 saturated heterocycles. The summed E-state index contributed by atoms with van der Waals surface area (Å²) in [4.78, 5) is 55.5. The number of ether oxygens (including phenoxy) is 1. The highest BCUT2D eigenvalue weighted by Crippen LogP contribution is 2.24. The minimum atomic E-state index is -0.603. The van der Waals surface area contributed by atoms with Gasteiger partial charge in [-0.1, -0.05) is 18.1 Å². The number of amides is 1. The van der Waals surface area contributed by atoms with Crippen LogP contribution in [-0.2, 0) is 24.9 Å². The van der Waals surface area contributed by atoms with Crippen molar-refractivity contribution in [2.75, 3.05) is 18.0 Å². The molecule has 1 N–H and O–H groups in total. The van der Waals surface area contributed by atoms with E-state index in [0.717, 1.165) is 12.8 Å². The number of anilines is 1. The van der Waals surface area contributed by atoms with Gasteiger partial charge in [0.25, 0.3) is 5.56 Å². The first-order valence-corrected chi connectivity index (χ1v) is 13.6. The van der Waals surface area contributed by atoms with Crippen molar-refractivity contribution in [1.82, 2.24) is 34.0 Å². The standard InChI is InChI=1S/C29H34N8O4/c1-6-7-16-36-23-24(33-26(36)35-15-9-11-20(18-35)32-27(39)41-29(2,3)4)34(5)28(40)37(25(23)38)17-19-10-8-12-21-22(19)31-14-13-30-21/h8,10,12-14,20H,9,11,15-18H2,1-5H3,(H,32,39)/t20-/m1/s1. The number of aryl methyl sites for hydroxylation is 1. The van der Waals surface area contributed by atoms with E-state index in [1.165, 1.54) is 9.13 Å². The van der Waals surface area contributed by atoms with Crippen LogP contribution in [0.3, 0.4) is 0 Å². The average Bonchev–Trinajstić information content (AvgIpc) is 3.32. The number of carbonyl (C=O) groups is 1. The third kappa shape index (κ3) is 5.66. The van der Waals surface area contributed by atoms with Gasteiger partial charge in [-0.15, -0.1) is 5.92 Å². The van der Waals surface area contributed by atoms with Gasteiger partial charge < -0.3 is 15.0 Å². The van der Waals surface area contributed by atoms with Gasteiger partial charge in [-0.05, 0) is 52.2 Å². The lowest BCUT2D eigenvalue weighted by molar-refractivity contribution is 0.0499. The minimum absolute atomic E-state index is 0.0308. The molecule has 0 aliphatic carbocycles. The zero-order valence-corrected chi connectivity index (χ0v) is 24.0. The lowest BCUT2D eigenvalue weighted by Gasteiger charge is -2.34. The number of fused-ring (bicyclic) bond motifs is 2. The van der Waals surface area contributed by atoms with Crippen LogP contribution in [0.5, 0.6) is 0 Å². The van der Waals surface area contributed by atoms with Crippen LogP contribution in [0.4, 0.5) is 10.7 Å². The summed E-state index contributed by atoms with van der Waals surface area (Å²) < 4.78 is 9.81. The molecule has 12 heteroatoms. The van der Waals surface area contributed by atoms with Crippen LogP contribution in [-0.4, -0.2) is 59.5 Å². The zero-order valence-electron chi connectivity index (χ0n) is 24.0. The van der Waals surface area contributed by atoms with E-state index in [2.05, 4.69) is 27.1 Å². The number of para-hydroxylation sites is 1. The molecule has 214 valence electrons. The molecule has 41 heavy (non-hydrogen) atoms. The number of hydrogen-bond donors (Lipinski definition) is 1. The number of benzene rings is 1. The maximum absolute atomic E-state index is 14.0. The molecule has 1 aliphatic heterocycles. The molecule has 1 fully saturated rings. The summed E-state index contributed by atoms with van der Waals surface area (Å²) in [5.41, 5.74) is 1.05. The highest BCUT2D eigenvalue weighted by atomic mass is 16.6. The Labute approximate surface area is 237 Å². The highest BCUT2D eigenvalue weighted by molar-refractivity contribution is 5.78. The third-order valence-corrected chi connectivity index (χ3v) is 6.96. The molecule has 0 saturated carbocycles. The van der Waals surface area contributed by atoms with Crippen LogP contribution < -0.4 is 21.5 Å². The van der Waals surface area contributed by atoms with E-state index < -0.39 is 22.9 Å². The summed E-state index contributed by atoms with van der Waals surface area (Å²) in [5.74, 6) is 6.47. The van der Waals surface area contributed by atoms with Gasteiger partial charge in [-0.25, -0.2) is 9.59 Å². The smallest absolute Gasteiger partial charge is 0.407 e. The largest absolute Gasteiger partial charge is 0.444 e. The van der Waals surface area contributed by atoms with E-state index in [-0.39, 0.29) is 24.8 Å². The Balaban J connectivity index is 1.56. The molecule has 0 unspecified atom stereocenters. The van der Waals surface area contributed by atoms with Gasteiger partial charge in [-0.2, -0.15) is 4.98 Å². The molecule has 4 heterocycles. The molecule has 0 bridgehead atoms. The van der Waals surface area contributed by atoms with Crippen molar-refractivity contribution in [3.8, 4) is 11.8 Å². The quantitative estimate of drug-likeness (QED) is 0.370. The van der Waals surface area contributed by atoms with Gasteiger partial charge in [0.15, 0.2) is 11.2 Å². The van der Waals surface area contributed by atoms with Crippen molar-refractivity contribution in [3.63, 3.8) is 0 Å². The molecule has 12 nitrogen and oxygen atoms in total. The van der Waals surface area contributed by atoms with Crippen LogP contribution in [0.25, 0.3) is 22.2 Å². The van der Waals surface area contributed by atoms with E-state index in [1.54, 1.807) is 30.9 Å². The number of piperidine rings is 1. The zero-order chi connectivity index (χ0) is 29.3. The van der Waals surface area contributed by atoms with Crippen LogP contribution >= 0.6 is 0 Å². The van der Waals surface area contributed by atoms with E-state index in [9.17, 15) is 14.4 Å². The van der Waals surface area contributed by atoms with Gasteiger partial charge in [-0.3, -0.25) is 28.5 Å². The monoisotopic (exact) mass is 558 g/mol. The Bertz CT molecular complexity index is 1800. The number of hydrogen-bond acceptors (Lipinski definition) is 8. The van der Waals surface area contributed by atoms with E-state index in [1.807, 2.05) is 43.9 Å². The van der Waals surface area contributed by atoms with Crippen molar-refractivity contribution >= 4 is 34.2 Å². The van der Waals surface area contributed by atoms with Gasteiger partial charge >= 0.3 is 11.8 Å². The number of aromatic nitrogens is 6. The molecule has 5 rings (SSSR count). The summed E-state index contributed by atoms with van der Waals surface area (Å²) >= 11 is 0. The number of nitrogens with zero attached hydrogens (tertiary/aromatic N) is 7. The second-order valence-corrected chi connectivity index (χ2v) is 11.1. The van der Waals surface area contributed by atoms with Gasteiger partial charge in [0.2, 0.25) is 5.95 Å². The predicted octanol–water partition coefficient (Wildman–Crippen LogP) is 2.41. The molecule has 4 aromatic rings. The molecule has 0 radical (unpaired) electrons. The Kier molecular flexibility index (Phi) is 7.53. The van der Waals surface area contributed by atoms with Gasteiger partial charge in [0, 0.05) is 38.6 Å². The van der Waals surface area contributed by atoms with Crippen LogP contribution in [0.2, 0.25) is 0 Å². The molecule has 1 amide bonds. The van der Waals surface area contributed by atoms with Crippen molar-refractivity contribution < 1.29 is 9.53 Å². The fourth-order valence-electron chi connectivity index (χ4n) is 5.15. The second kappa shape index (κ2) is 11.1. The van der Waals surface area contributed by atoms with Crippen LogP contribution in [0.1, 0.15) is 46.1 Å². The van der Waals surface area contributed by atoms with Crippen LogP contribution in [0, 0.1) is 11.8 Å². The normalized spacial score (nSPS) is 15.5. The fraction of sp³-hybridized carbons (Fsp3) is 0.448. The molecule has 0 spiro atoms. The summed E-state index contributed by atoms with van der Waals surface area (Å²) in [6.45, 7) is 8.59. The summed E-state index contributed by atoms with van der Waals surface area (Å²) in [6.07, 6.45) is 4.30. The Hall–Kier alpha value is -4.66. The minimum Gasteiger partial charge on any atom is -0.444 e. The van der Waals surface area contributed by atoms with Crippen molar-refractivity contribution in [3.05, 3.63) is 57.0 Å². The van der Waals surface area contributed by atoms with Crippen LogP contribution in [0.15, 0.2) is 40.2 Å². The Morgan fingerprint density at radius 3 is 2.71 bits per heavy atom. The topological polar surface area (TPSA) is 129 Å². The summed E-state index contributed by atoms with van der Waals surface area (Å²) in [6, 6.07) is 5.34. The first kappa shape index (κ1) is 27.9. The average molecular weight is 559 g/mol. The first-order chi connectivity index (χ1) is 19.6. The number of imidazole rings is 1. The molecule has 1 aliphatic rings. The highest BCUT2D eigenvalue weighted by Gasteiger charge is 2.29. The van der Waals surface area contributed by atoms with Crippen molar-refractivity contribution in [2.45, 2.75) is 65.3 Å². The molecule has 3 aromatic heterocycles. The first-order valence-electron chi connectivity index (χ1n) is 13.6. The number of alkyl carbamates (subject to hydrolysis) is 1.